The predicted molar refractivity (Wildman–Crippen MR) is 91.5 cm³/mol. The van der Waals surface area contributed by atoms with Crippen molar-refractivity contribution in [2.75, 3.05) is 20.6 Å². The molecular formula is C18H22N2OS. The van der Waals surface area contributed by atoms with Crippen molar-refractivity contribution in [3.8, 4) is 0 Å². The molecule has 3 rings (SSSR count). The first-order chi connectivity index (χ1) is 10.6. The molecule has 0 bridgehead atoms. The molecule has 1 amide bonds. The van der Waals surface area contributed by atoms with Gasteiger partial charge in [0.15, 0.2) is 0 Å². The van der Waals surface area contributed by atoms with E-state index in [4.69, 9.17) is 0 Å². The molecular weight excluding hydrogens is 292 g/mol. The normalized spacial score (nSPS) is 14.9. The van der Waals surface area contributed by atoms with Crippen molar-refractivity contribution >= 4 is 17.2 Å². The Morgan fingerprint density at radius 3 is 2.73 bits per heavy atom. The van der Waals surface area contributed by atoms with Crippen LogP contribution in [0.5, 0.6) is 0 Å². The lowest BCUT2D eigenvalue weighted by Gasteiger charge is -2.25. The number of nitrogens with one attached hydrogen (secondary N) is 1. The zero-order chi connectivity index (χ0) is 15.5. The first-order valence-electron chi connectivity index (χ1n) is 7.76. The van der Waals surface area contributed by atoms with Crippen LogP contribution in [-0.2, 0) is 12.8 Å². The SMILES string of the molecule is CN(C)C(CNC(=O)c1cc2c(s1)CCC2)c1ccccc1. The number of rotatable bonds is 5. The second-order valence-electron chi connectivity index (χ2n) is 6.01. The number of amides is 1. The van der Waals surface area contributed by atoms with Crippen LogP contribution in [-0.4, -0.2) is 31.4 Å². The molecule has 2 aromatic rings. The van der Waals surface area contributed by atoms with Gasteiger partial charge in [0.25, 0.3) is 5.91 Å². The number of carbonyl (C=O) groups excluding carboxylic acids is 1. The van der Waals surface area contributed by atoms with Crippen LogP contribution in [0.15, 0.2) is 36.4 Å². The van der Waals surface area contributed by atoms with Crippen LogP contribution in [0.3, 0.4) is 0 Å². The molecule has 0 radical (unpaired) electrons. The number of thiophene rings is 1. The third-order valence-corrected chi connectivity index (χ3v) is 5.47. The van der Waals surface area contributed by atoms with Gasteiger partial charge in [0.05, 0.1) is 10.9 Å². The Morgan fingerprint density at radius 2 is 2.05 bits per heavy atom. The maximum atomic E-state index is 12.4. The Bertz CT molecular complexity index is 627. The maximum absolute atomic E-state index is 12.4. The van der Waals surface area contributed by atoms with Crippen molar-refractivity contribution < 1.29 is 4.79 Å². The minimum Gasteiger partial charge on any atom is -0.349 e. The monoisotopic (exact) mass is 314 g/mol. The third kappa shape index (κ3) is 3.23. The van der Waals surface area contributed by atoms with Gasteiger partial charge >= 0.3 is 0 Å². The van der Waals surface area contributed by atoms with Crippen LogP contribution >= 0.6 is 11.3 Å². The van der Waals surface area contributed by atoms with Gasteiger partial charge in [0, 0.05) is 11.4 Å². The Balaban J connectivity index is 1.65. The molecule has 116 valence electrons. The maximum Gasteiger partial charge on any atom is 0.261 e. The van der Waals surface area contributed by atoms with Gasteiger partial charge < -0.3 is 10.2 Å². The number of likely N-dealkylation sites (N-methyl/N-ethyl adjacent to an activating group) is 1. The van der Waals surface area contributed by atoms with Crippen LogP contribution in [0.2, 0.25) is 0 Å². The molecule has 1 aromatic heterocycles. The molecule has 1 N–H and O–H groups in total. The van der Waals surface area contributed by atoms with Gasteiger partial charge in [-0.15, -0.1) is 11.3 Å². The predicted octanol–water partition coefficient (Wildman–Crippen LogP) is 3.27. The smallest absolute Gasteiger partial charge is 0.261 e. The van der Waals surface area contributed by atoms with E-state index in [0.29, 0.717) is 6.54 Å². The zero-order valence-corrected chi connectivity index (χ0v) is 14.0. The molecule has 0 spiro atoms. The summed E-state index contributed by atoms with van der Waals surface area (Å²) in [6.45, 7) is 0.623. The van der Waals surface area contributed by atoms with Crippen LogP contribution < -0.4 is 5.32 Å². The standard InChI is InChI=1S/C18H22N2OS/c1-20(2)15(13-7-4-3-5-8-13)12-19-18(21)17-11-14-9-6-10-16(14)22-17/h3-5,7-8,11,15H,6,9-10,12H2,1-2H3,(H,19,21). The minimum atomic E-state index is 0.0576. The average molecular weight is 314 g/mol. The van der Waals surface area contributed by atoms with Crippen molar-refractivity contribution in [1.82, 2.24) is 10.2 Å². The van der Waals surface area contributed by atoms with Crippen molar-refractivity contribution in [2.24, 2.45) is 0 Å². The molecule has 3 nitrogen and oxygen atoms in total. The van der Waals surface area contributed by atoms with E-state index in [-0.39, 0.29) is 11.9 Å². The van der Waals surface area contributed by atoms with E-state index in [9.17, 15) is 4.79 Å². The molecule has 0 saturated heterocycles. The van der Waals surface area contributed by atoms with Gasteiger partial charge in [0.1, 0.15) is 0 Å². The van der Waals surface area contributed by atoms with Crippen molar-refractivity contribution in [3.63, 3.8) is 0 Å². The highest BCUT2D eigenvalue weighted by Crippen LogP contribution is 2.30. The molecule has 4 heteroatoms. The topological polar surface area (TPSA) is 32.3 Å². The second kappa shape index (κ2) is 6.63. The van der Waals surface area contributed by atoms with Gasteiger partial charge in [-0.2, -0.15) is 0 Å². The van der Waals surface area contributed by atoms with Gasteiger partial charge in [-0.25, -0.2) is 0 Å². The quantitative estimate of drug-likeness (QED) is 0.918. The van der Waals surface area contributed by atoms with E-state index in [1.165, 1.54) is 22.4 Å². The summed E-state index contributed by atoms with van der Waals surface area (Å²) in [5.74, 6) is 0.0576. The largest absolute Gasteiger partial charge is 0.349 e. The summed E-state index contributed by atoms with van der Waals surface area (Å²) in [6, 6.07) is 12.6. The molecule has 0 saturated carbocycles. The Kier molecular flexibility index (Phi) is 4.60. The highest BCUT2D eigenvalue weighted by Gasteiger charge is 2.20. The number of nitrogens with zero attached hydrogens (tertiary/aromatic N) is 1. The lowest BCUT2D eigenvalue weighted by atomic mass is 10.1. The van der Waals surface area contributed by atoms with Gasteiger partial charge in [-0.3, -0.25) is 4.79 Å². The summed E-state index contributed by atoms with van der Waals surface area (Å²) >= 11 is 1.66. The van der Waals surface area contributed by atoms with E-state index in [2.05, 4.69) is 28.4 Å². The lowest BCUT2D eigenvalue weighted by Crippen LogP contribution is -2.34. The van der Waals surface area contributed by atoms with E-state index in [1.807, 2.05) is 32.3 Å². The zero-order valence-electron chi connectivity index (χ0n) is 13.1. The highest BCUT2D eigenvalue weighted by atomic mass is 32.1. The summed E-state index contributed by atoms with van der Waals surface area (Å²) < 4.78 is 0. The van der Waals surface area contributed by atoms with Crippen molar-refractivity contribution in [2.45, 2.75) is 25.3 Å². The fraction of sp³-hybridized carbons (Fsp3) is 0.389. The Hall–Kier alpha value is -1.65. The van der Waals surface area contributed by atoms with Crippen molar-refractivity contribution in [1.29, 1.82) is 0 Å². The van der Waals surface area contributed by atoms with Crippen molar-refractivity contribution in [3.05, 3.63) is 57.3 Å². The number of hydrogen-bond donors (Lipinski definition) is 1. The summed E-state index contributed by atoms with van der Waals surface area (Å²) in [6.07, 6.45) is 3.50. The molecule has 0 aliphatic heterocycles. The highest BCUT2D eigenvalue weighted by molar-refractivity contribution is 7.14. The van der Waals surface area contributed by atoms with Crippen LogP contribution in [0, 0.1) is 0 Å². The van der Waals surface area contributed by atoms with E-state index in [1.54, 1.807) is 11.3 Å². The number of hydrogen-bond acceptors (Lipinski definition) is 3. The Labute approximate surface area is 136 Å². The van der Waals surface area contributed by atoms with Crippen LogP contribution in [0.1, 0.15) is 38.1 Å². The van der Waals surface area contributed by atoms with E-state index >= 15 is 0 Å². The average Bonchev–Trinajstić information content (AvgIpc) is 3.09. The molecule has 0 fully saturated rings. The molecule has 1 aliphatic carbocycles. The van der Waals surface area contributed by atoms with Crippen LogP contribution in [0.4, 0.5) is 0 Å². The number of fused-ring (bicyclic) bond motifs is 1. The molecule has 1 heterocycles. The lowest BCUT2D eigenvalue weighted by molar-refractivity contribution is 0.0946. The first-order valence-corrected chi connectivity index (χ1v) is 8.58. The summed E-state index contributed by atoms with van der Waals surface area (Å²) in [5, 5.41) is 3.10. The third-order valence-electron chi connectivity index (χ3n) is 4.23. The number of carbonyl (C=O) groups is 1. The number of aryl methyl sites for hydroxylation is 2. The first kappa shape index (κ1) is 15.3. The summed E-state index contributed by atoms with van der Waals surface area (Å²) in [5.41, 5.74) is 2.60. The van der Waals surface area contributed by atoms with Crippen LogP contribution in [0.25, 0.3) is 0 Å². The van der Waals surface area contributed by atoms with E-state index in [0.717, 1.165) is 17.7 Å². The molecule has 1 unspecified atom stereocenters. The Morgan fingerprint density at radius 1 is 1.27 bits per heavy atom. The fourth-order valence-corrected chi connectivity index (χ4v) is 4.16. The van der Waals surface area contributed by atoms with E-state index < -0.39 is 0 Å². The van der Waals surface area contributed by atoms with Gasteiger partial charge in [-0.05, 0) is 50.6 Å². The fourth-order valence-electron chi connectivity index (χ4n) is 2.99. The molecule has 22 heavy (non-hydrogen) atoms. The van der Waals surface area contributed by atoms with Gasteiger partial charge in [-0.1, -0.05) is 30.3 Å². The summed E-state index contributed by atoms with van der Waals surface area (Å²) in [7, 11) is 4.09. The van der Waals surface area contributed by atoms with Gasteiger partial charge in [0.2, 0.25) is 0 Å². The number of benzene rings is 1. The molecule has 1 aromatic carbocycles. The second-order valence-corrected chi connectivity index (χ2v) is 7.15. The molecule has 1 aliphatic rings. The minimum absolute atomic E-state index is 0.0576. The molecule has 1 atom stereocenters. The summed E-state index contributed by atoms with van der Waals surface area (Å²) in [4.78, 5) is 16.8.